The number of nitrogens with zero attached hydrogens (tertiary/aromatic N) is 2. The molecule has 30 heavy (non-hydrogen) atoms. The van der Waals surface area contributed by atoms with Crippen molar-refractivity contribution < 1.29 is 9.59 Å². The van der Waals surface area contributed by atoms with E-state index in [9.17, 15) is 9.59 Å². The van der Waals surface area contributed by atoms with Crippen molar-refractivity contribution >= 4 is 46.9 Å². The van der Waals surface area contributed by atoms with Crippen molar-refractivity contribution in [3.63, 3.8) is 0 Å². The Kier molecular flexibility index (Phi) is 7.32. The molecule has 2 aromatic carbocycles. The largest absolute Gasteiger partial charge is 0.369 e. The van der Waals surface area contributed by atoms with Gasteiger partial charge in [-0.25, -0.2) is 4.68 Å². The summed E-state index contributed by atoms with van der Waals surface area (Å²) >= 11 is 7.76. The Morgan fingerprint density at radius 1 is 1.17 bits per heavy atom. The Morgan fingerprint density at radius 2 is 1.87 bits per heavy atom. The summed E-state index contributed by atoms with van der Waals surface area (Å²) in [4.78, 5) is 24.2. The third-order valence-corrected chi connectivity index (χ3v) is 5.70. The lowest BCUT2D eigenvalue weighted by atomic mass is 10.2. The SMILES string of the molecule is Cc1nn(Cc2ccccc2)c(Cl)c1C=CC(=O)Nc1ccccc1SCC(N)=O. The van der Waals surface area contributed by atoms with Crippen LogP contribution in [0, 0.1) is 6.92 Å². The average molecular weight is 441 g/mol. The van der Waals surface area contributed by atoms with E-state index >= 15 is 0 Å². The molecule has 3 aromatic rings. The fourth-order valence-electron chi connectivity index (χ4n) is 2.80. The van der Waals surface area contributed by atoms with E-state index in [1.54, 1.807) is 16.8 Å². The number of nitrogens with two attached hydrogens (primary N) is 1. The van der Waals surface area contributed by atoms with Gasteiger partial charge >= 0.3 is 0 Å². The highest BCUT2D eigenvalue weighted by molar-refractivity contribution is 8.00. The quantitative estimate of drug-likeness (QED) is 0.407. The molecule has 1 heterocycles. The zero-order valence-electron chi connectivity index (χ0n) is 16.3. The minimum absolute atomic E-state index is 0.137. The van der Waals surface area contributed by atoms with E-state index in [2.05, 4.69) is 10.4 Å². The van der Waals surface area contributed by atoms with Gasteiger partial charge in [-0.2, -0.15) is 5.10 Å². The zero-order valence-corrected chi connectivity index (χ0v) is 17.9. The van der Waals surface area contributed by atoms with E-state index in [0.29, 0.717) is 22.9 Å². The molecule has 0 radical (unpaired) electrons. The number of carbonyl (C=O) groups excluding carboxylic acids is 2. The third kappa shape index (κ3) is 5.75. The number of hydrogen-bond acceptors (Lipinski definition) is 4. The molecule has 8 heteroatoms. The highest BCUT2D eigenvalue weighted by Crippen LogP contribution is 2.27. The number of aromatic nitrogens is 2. The molecule has 0 aliphatic heterocycles. The standard InChI is InChI=1S/C22H21ClN4O2S/c1-15-17(22(23)27(26-15)13-16-7-3-2-4-8-16)11-12-21(29)25-18-9-5-6-10-19(18)30-14-20(24)28/h2-12H,13-14H2,1H3,(H2,24,28)(H,25,29). The van der Waals surface area contributed by atoms with Crippen molar-refractivity contribution in [1.82, 2.24) is 9.78 Å². The molecule has 0 spiro atoms. The summed E-state index contributed by atoms with van der Waals surface area (Å²) in [6.07, 6.45) is 3.07. The first kappa shape index (κ1) is 21.7. The first-order valence-electron chi connectivity index (χ1n) is 9.20. The Balaban J connectivity index is 1.71. The highest BCUT2D eigenvalue weighted by Gasteiger charge is 2.12. The lowest BCUT2D eigenvalue weighted by Crippen LogP contribution is -2.13. The molecule has 6 nitrogen and oxygen atoms in total. The number of halogens is 1. The van der Waals surface area contributed by atoms with Crippen molar-refractivity contribution in [2.75, 3.05) is 11.1 Å². The van der Waals surface area contributed by atoms with E-state index in [1.807, 2.05) is 55.5 Å². The van der Waals surface area contributed by atoms with Crippen LogP contribution in [0.15, 0.2) is 65.6 Å². The van der Waals surface area contributed by atoms with Crippen LogP contribution in [-0.4, -0.2) is 27.3 Å². The van der Waals surface area contributed by atoms with Crippen LogP contribution >= 0.6 is 23.4 Å². The molecule has 0 atom stereocenters. The first-order chi connectivity index (χ1) is 14.4. The van der Waals surface area contributed by atoms with Gasteiger partial charge in [0.15, 0.2) is 0 Å². The fraction of sp³-hybridized carbons (Fsp3) is 0.136. The maximum absolute atomic E-state index is 12.4. The molecule has 0 unspecified atom stereocenters. The van der Waals surface area contributed by atoms with Crippen LogP contribution in [0.25, 0.3) is 6.08 Å². The number of para-hydroxylation sites is 1. The van der Waals surface area contributed by atoms with Gasteiger partial charge in [0.1, 0.15) is 5.15 Å². The summed E-state index contributed by atoms with van der Waals surface area (Å²) in [6, 6.07) is 17.1. The van der Waals surface area contributed by atoms with E-state index < -0.39 is 5.91 Å². The van der Waals surface area contributed by atoms with Crippen LogP contribution in [0.4, 0.5) is 5.69 Å². The second kappa shape index (κ2) is 10.1. The number of thioether (sulfide) groups is 1. The molecule has 0 fully saturated rings. The number of hydrogen-bond donors (Lipinski definition) is 2. The van der Waals surface area contributed by atoms with E-state index in [-0.39, 0.29) is 11.7 Å². The lowest BCUT2D eigenvalue weighted by molar-refractivity contribution is -0.115. The van der Waals surface area contributed by atoms with E-state index in [1.165, 1.54) is 17.8 Å². The predicted octanol–water partition coefficient (Wildman–Crippen LogP) is 4.12. The van der Waals surface area contributed by atoms with Crippen LogP contribution in [0.2, 0.25) is 5.15 Å². The molecule has 154 valence electrons. The minimum atomic E-state index is -0.418. The normalized spacial score (nSPS) is 11.0. The molecule has 0 aliphatic carbocycles. The van der Waals surface area contributed by atoms with Gasteiger partial charge in [0, 0.05) is 16.5 Å². The van der Waals surface area contributed by atoms with Crippen molar-refractivity contribution in [2.24, 2.45) is 5.73 Å². The number of aryl methyl sites for hydroxylation is 1. The molecular weight excluding hydrogens is 420 g/mol. The number of nitrogens with one attached hydrogen (secondary N) is 1. The van der Waals surface area contributed by atoms with Gasteiger partial charge < -0.3 is 11.1 Å². The second-order valence-corrected chi connectivity index (χ2v) is 7.88. The average Bonchev–Trinajstić information content (AvgIpc) is 2.99. The molecule has 0 aliphatic rings. The van der Waals surface area contributed by atoms with E-state index in [4.69, 9.17) is 17.3 Å². The number of carbonyl (C=O) groups is 2. The van der Waals surface area contributed by atoms with Gasteiger partial charge in [-0.15, -0.1) is 11.8 Å². The topological polar surface area (TPSA) is 90.0 Å². The second-order valence-electron chi connectivity index (χ2n) is 6.51. The smallest absolute Gasteiger partial charge is 0.248 e. The summed E-state index contributed by atoms with van der Waals surface area (Å²) in [5, 5.41) is 7.77. The zero-order chi connectivity index (χ0) is 21.5. The first-order valence-corrected chi connectivity index (χ1v) is 10.6. The summed E-state index contributed by atoms with van der Waals surface area (Å²) in [6.45, 7) is 2.39. The van der Waals surface area contributed by atoms with Gasteiger partial charge in [-0.1, -0.05) is 54.1 Å². The minimum Gasteiger partial charge on any atom is -0.369 e. The van der Waals surface area contributed by atoms with Crippen LogP contribution < -0.4 is 11.1 Å². The van der Waals surface area contributed by atoms with Gasteiger partial charge in [-0.05, 0) is 30.7 Å². The molecule has 0 saturated carbocycles. The number of rotatable bonds is 8. The van der Waals surface area contributed by atoms with Crippen LogP contribution in [0.3, 0.4) is 0 Å². The van der Waals surface area contributed by atoms with Gasteiger partial charge in [-0.3, -0.25) is 9.59 Å². The molecule has 2 amide bonds. The summed E-state index contributed by atoms with van der Waals surface area (Å²) in [7, 11) is 0. The van der Waals surface area contributed by atoms with Crippen LogP contribution in [-0.2, 0) is 16.1 Å². The molecule has 3 N–H and O–H groups in total. The summed E-state index contributed by atoms with van der Waals surface area (Å²) in [5.74, 6) is -0.593. The van der Waals surface area contributed by atoms with Crippen molar-refractivity contribution in [2.45, 2.75) is 18.4 Å². The van der Waals surface area contributed by atoms with Gasteiger partial charge in [0.2, 0.25) is 11.8 Å². The Morgan fingerprint density at radius 3 is 2.60 bits per heavy atom. The van der Waals surface area contributed by atoms with Crippen molar-refractivity contribution in [3.05, 3.63) is 82.6 Å². The van der Waals surface area contributed by atoms with E-state index in [0.717, 1.165) is 16.2 Å². The summed E-state index contributed by atoms with van der Waals surface area (Å²) < 4.78 is 1.71. The summed E-state index contributed by atoms with van der Waals surface area (Å²) in [5.41, 5.74) is 8.33. The van der Waals surface area contributed by atoms with Crippen molar-refractivity contribution in [3.8, 4) is 0 Å². The molecule has 0 bridgehead atoms. The Hall–Kier alpha value is -3.03. The molecular formula is C22H21ClN4O2S. The Bertz CT molecular complexity index is 1080. The highest BCUT2D eigenvalue weighted by atomic mass is 35.5. The van der Waals surface area contributed by atoms with Gasteiger partial charge in [0.25, 0.3) is 0 Å². The van der Waals surface area contributed by atoms with Crippen molar-refractivity contribution in [1.29, 1.82) is 0 Å². The Labute approximate surface area is 184 Å². The fourth-order valence-corrected chi connectivity index (χ4v) is 3.84. The number of amides is 2. The maximum Gasteiger partial charge on any atom is 0.248 e. The lowest BCUT2D eigenvalue weighted by Gasteiger charge is -2.08. The molecule has 0 saturated heterocycles. The van der Waals surface area contributed by atoms with Gasteiger partial charge in [0.05, 0.1) is 23.7 Å². The van der Waals surface area contributed by atoms with Crippen LogP contribution in [0.1, 0.15) is 16.8 Å². The maximum atomic E-state index is 12.4. The number of benzene rings is 2. The number of anilines is 1. The van der Waals surface area contributed by atoms with Crippen LogP contribution in [0.5, 0.6) is 0 Å². The molecule has 1 aromatic heterocycles. The monoisotopic (exact) mass is 440 g/mol. The predicted molar refractivity (Wildman–Crippen MR) is 122 cm³/mol. The third-order valence-electron chi connectivity index (χ3n) is 4.20. The molecule has 3 rings (SSSR count). The number of primary amides is 1.